The molecule has 18 heavy (non-hydrogen) atoms. The lowest BCUT2D eigenvalue weighted by molar-refractivity contribution is 0.117. The highest BCUT2D eigenvalue weighted by molar-refractivity contribution is 5.82. The second-order valence-electron chi connectivity index (χ2n) is 4.79. The van der Waals surface area contributed by atoms with Gasteiger partial charge in [-0.3, -0.25) is 0 Å². The number of ether oxygens (including phenoxy) is 1. The van der Waals surface area contributed by atoms with E-state index in [-0.39, 0.29) is 6.10 Å². The van der Waals surface area contributed by atoms with Crippen LogP contribution in [-0.2, 0) is 11.8 Å². The summed E-state index contributed by atoms with van der Waals surface area (Å²) in [6.07, 6.45) is 1.20. The minimum absolute atomic E-state index is 0.200. The Balaban J connectivity index is 2.20. The molecule has 0 spiro atoms. The Morgan fingerprint density at radius 2 is 2.33 bits per heavy atom. The zero-order valence-corrected chi connectivity index (χ0v) is 10.6. The normalized spacial score (nSPS) is 23.4. The van der Waals surface area contributed by atoms with Crippen molar-refractivity contribution in [2.24, 2.45) is 7.05 Å². The number of nitrogens with zero attached hydrogens (tertiary/aromatic N) is 3. The molecule has 4 nitrogen and oxygen atoms in total. The van der Waals surface area contributed by atoms with Crippen molar-refractivity contribution in [2.75, 3.05) is 6.61 Å². The van der Waals surface area contributed by atoms with Crippen LogP contribution >= 0.6 is 0 Å². The first-order chi connectivity index (χ1) is 8.72. The van der Waals surface area contributed by atoms with E-state index in [1.165, 1.54) is 0 Å². The Morgan fingerprint density at radius 3 is 3.00 bits per heavy atom. The first kappa shape index (κ1) is 11.2. The van der Waals surface area contributed by atoms with Crippen LogP contribution in [0.3, 0.4) is 0 Å². The summed E-state index contributed by atoms with van der Waals surface area (Å²) in [6.45, 7) is 2.88. The molecule has 1 aromatic carbocycles. The van der Waals surface area contributed by atoms with Crippen LogP contribution in [0.15, 0.2) is 18.2 Å². The largest absolute Gasteiger partial charge is 0.378 e. The maximum absolute atomic E-state index is 9.13. The first-order valence-corrected chi connectivity index (χ1v) is 6.19. The number of nitriles is 1. The van der Waals surface area contributed by atoms with Gasteiger partial charge in [-0.1, -0.05) is 6.07 Å². The van der Waals surface area contributed by atoms with E-state index in [0.717, 1.165) is 29.9 Å². The molecule has 3 rings (SSSR count). The summed E-state index contributed by atoms with van der Waals surface area (Å²) in [5.41, 5.74) is 2.46. The lowest BCUT2D eigenvalue weighted by Crippen LogP contribution is -2.13. The predicted molar refractivity (Wildman–Crippen MR) is 68.2 cm³/mol. The summed E-state index contributed by atoms with van der Waals surface area (Å²) in [4.78, 5) is 4.68. The molecular weight excluding hydrogens is 226 g/mol. The second-order valence-corrected chi connectivity index (χ2v) is 4.79. The number of benzene rings is 1. The number of hydrogen-bond donors (Lipinski definition) is 0. The van der Waals surface area contributed by atoms with E-state index >= 15 is 0 Å². The lowest BCUT2D eigenvalue weighted by Gasteiger charge is -2.13. The van der Waals surface area contributed by atoms with E-state index in [1.54, 1.807) is 0 Å². The topological polar surface area (TPSA) is 50.8 Å². The van der Waals surface area contributed by atoms with Gasteiger partial charge in [0.1, 0.15) is 17.4 Å². The van der Waals surface area contributed by atoms with Gasteiger partial charge in [0, 0.05) is 19.6 Å². The average Bonchev–Trinajstić information content (AvgIpc) is 2.93. The highest BCUT2D eigenvalue weighted by atomic mass is 16.5. The Bertz CT molecular complexity index is 638. The molecule has 1 aromatic heterocycles. The molecule has 1 saturated heterocycles. The Kier molecular flexibility index (Phi) is 2.57. The van der Waals surface area contributed by atoms with E-state index in [0.29, 0.717) is 11.5 Å². The molecule has 2 unspecified atom stereocenters. The number of rotatable bonds is 1. The van der Waals surface area contributed by atoms with Crippen molar-refractivity contribution < 1.29 is 4.74 Å². The minimum atomic E-state index is 0.200. The highest BCUT2D eigenvalue weighted by Crippen LogP contribution is 2.32. The van der Waals surface area contributed by atoms with Crippen LogP contribution in [0, 0.1) is 11.3 Å². The zero-order chi connectivity index (χ0) is 12.7. The van der Waals surface area contributed by atoms with Crippen LogP contribution in [-0.4, -0.2) is 22.3 Å². The molecule has 0 saturated carbocycles. The van der Waals surface area contributed by atoms with E-state index in [9.17, 15) is 0 Å². The van der Waals surface area contributed by atoms with Gasteiger partial charge < -0.3 is 9.30 Å². The summed E-state index contributed by atoms with van der Waals surface area (Å²) >= 11 is 0. The third-order valence-corrected chi connectivity index (χ3v) is 3.77. The van der Waals surface area contributed by atoms with Crippen molar-refractivity contribution >= 4 is 11.0 Å². The van der Waals surface area contributed by atoms with Gasteiger partial charge in [-0.2, -0.15) is 5.26 Å². The Morgan fingerprint density at radius 1 is 1.50 bits per heavy atom. The van der Waals surface area contributed by atoms with Gasteiger partial charge in [-0.25, -0.2) is 4.98 Å². The Hall–Kier alpha value is -1.86. The summed E-state index contributed by atoms with van der Waals surface area (Å²) in [5.74, 6) is 1.35. The third kappa shape index (κ3) is 1.52. The van der Waals surface area contributed by atoms with Gasteiger partial charge in [0.05, 0.1) is 17.2 Å². The van der Waals surface area contributed by atoms with Crippen molar-refractivity contribution in [1.82, 2.24) is 9.55 Å². The molecule has 2 atom stereocenters. The number of imidazole rings is 1. The molecule has 1 fully saturated rings. The molecular formula is C14H15N3O. The molecule has 0 aliphatic carbocycles. The average molecular weight is 241 g/mol. The zero-order valence-electron chi connectivity index (χ0n) is 10.6. The van der Waals surface area contributed by atoms with Crippen molar-refractivity contribution in [3.8, 4) is 6.07 Å². The number of hydrogen-bond acceptors (Lipinski definition) is 3. The fourth-order valence-electron chi connectivity index (χ4n) is 2.73. The maximum atomic E-state index is 9.13. The lowest BCUT2D eigenvalue weighted by atomic mass is 10.0. The fourth-order valence-corrected chi connectivity index (χ4v) is 2.73. The number of para-hydroxylation sites is 1. The molecule has 1 aliphatic rings. The van der Waals surface area contributed by atoms with Crippen LogP contribution in [0.25, 0.3) is 11.0 Å². The first-order valence-electron chi connectivity index (χ1n) is 6.19. The second kappa shape index (κ2) is 4.11. The van der Waals surface area contributed by atoms with Crippen LogP contribution in [0.5, 0.6) is 0 Å². The summed E-state index contributed by atoms with van der Waals surface area (Å²) in [7, 11) is 2.01. The molecule has 2 heterocycles. The van der Waals surface area contributed by atoms with Gasteiger partial charge in [0.15, 0.2) is 0 Å². The van der Waals surface area contributed by atoms with E-state index < -0.39 is 0 Å². The summed E-state index contributed by atoms with van der Waals surface area (Å²) < 4.78 is 7.70. The molecule has 0 amide bonds. The quantitative estimate of drug-likeness (QED) is 0.770. The van der Waals surface area contributed by atoms with Gasteiger partial charge in [-0.05, 0) is 25.5 Å². The van der Waals surface area contributed by atoms with Crippen molar-refractivity contribution in [3.05, 3.63) is 29.6 Å². The molecule has 2 aromatic rings. The smallest absolute Gasteiger partial charge is 0.115 e. The highest BCUT2D eigenvalue weighted by Gasteiger charge is 2.30. The van der Waals surface area contributed by atoms with Crippen LogP contribution in [0.1, 0.15) is 30.7 Å². The van der Waals surface area contributed by atoms with Gasteiger partial charge in [-0.15, -0.1) is 0 Å². The summed E-state index contributed by atoms with van der Waals surface area (Å²) in [6, 6.07) is 7.93. The van der Waals surface area contributed by atoms with E-state index in [1.807, 2.05) is 25.2 Å². The van der Waals surface area contributed by atoms with Crippen molar-refractivity contribution in [2.45, 2.75) is 25.4 Å². The Labute approximate surface area is 106 Å². The van der Waals surface area contributed by atoms with Crippen LogP contribution in [0.2, 0.25) is 0 Å². The molecule has 0 N–H and O–H groups in total. The van der Waals surface area contributed by atoms with Gasteiger partial charge in [0.2, 0.25) is 0 Å². The maximum Gasteiger partial charge on any atom is 0.115 e. The predicted octanol–water partition coefficient (Wildman–Crippen LogP) is 2.34. The van der Waals surface area contributed by atoms with Crippen LogP contribution in [0.4, 0.5) is 0 Å². The van der Waals surface area contributed by atoms with E-state index in [2.05, 4.69) is 22.5 Å². The van der Waals surface area contributed by atoms with Crippen molar-refractivity contribution in [3.63, 3.8) is 0 Å². The number of aromatic nitrogens is 2. The third-order valence-electron chi connectivity index (χ3n) is 3.77. The molecule has 92 valence electrons. The SMILES string of the molecule is CC1OCCC1c1nc2c(C#N)cccc2n1C. The summed E-state index contributed by atoms with van der Waals surface area (Å²) in [5, 5.41) is 9.13. The van der Waals surface area contributed by atoms with Crippen LogP contribution < -0.4 is 0 Å². The van der Waals surface area contributed by atoms with E-state index in [4.69, 9.17) is 10.00 Å². The molecule has 0 radical (unpaired) electrons. The monoisotopic (exact) mass is 241 g/mol. The standard InChI is InChI=1S/C14H15N3O/c1-9-11(6-7-18-9)14-16-13-10(8-15)4-3-5-12(13)17(14)2/h3-5,9,11H,6-7H2,1-2H3. The van der Waals surface area contributed by atoms with Gasteiger partial charge in [0.25, 0.3) is 0 Å². The number of aryl methyl sites for hydroxylation is 1. The fraction of sp³-hybridized carbons (Fsp3) is 0.429. The molecule has 0 bridgehead atoms. The molecule has 1 aliphatic heterocycles. The van der Waals surface area contributed by atoms with Crippen molar-refractivity contribution in [1.29, 1.82) is 5.26 Å². The van der Waals surface area contributed by atoms with Gasteiger partial charge >= 0.3 is 0 Å². The molecule has 4 heteroatoms. The minimum Gasteiger partial charge on any atom is -0.378 e. The number of fused-ring (bicyclic) bond motifs is 1.